The molecule has 0 aromatic carbocycles. The molecule has 96 heavy (non-hydrogen) atoms. The Morgan fingerprint density at radius 1 is 0.302 bits per heavy atom. The van der Waals surface area contributed by atoms with Crippen molar-refractivity contribution in [2.24, 2.45) is 11.8 Å². The fourth-order valence-electron chi connectivity index (χ4n) is 11.8. The van der Waals surface area contributed by atoms with E-state index in [4.69, 9.17) is 37.0 Å². The molecular formula is C77H150O17P2. The number of unbranched alkanes of at least 4 members (excludes halogenated alkanes) is 45. The van der Waals surface area contributed by atoms with Gasteiger partial charge in [0.1, 0.15) is 19.3 Å². The fourth-order valence-corrected chi connectivity index (χ4v) is 13.4. The molecule has 19 heteroatoms. The van der Waals surface area contributed by atoms with Crippen molar-refractivity contribution in [2.75, 3.05) is 39.6 Å². The molecule has 0 aromatic heterocycles. The van der Waals surface area contributed by atoms with Gasteiger partial charge < -0.3 is 33.8 Å². The number of hydrogen-bond donors (Lipinski definition) is 3. The molecule has 6 atom stereocenters. The third-order valence-electron chi connectivity index (χ3n) is 18.3. The van der Waals surface area contributed by atoms with Crippen LogP contribution in [0.3, 0.4) is 0 Å². The molecule has 0 heterocycles. The van der Waals surface area contributed by atoms with Gasteiger partial charge in [-0.05, 0) is 37.5 Å². The summed E-state index contributed by atoms with van der Waals surface area (Å²) in [5, 5.41) is 10.6. The Morgan fingerprint density at radius 3 is 0.792 bits per heavy atom. The maximum atomic E-state index is 13.1. The lowest BCUT2D eigenvalue weighted by molar-refractivity contribution is -0.161. The predicted octanol–water partition coefficient (Wildman–Crippen LogP) is 22.7. The summed E-state index contributed by atoms with van der Waals surface area (Å²) in [4.78, 5) is 72.8. The van der Waals surface area contributed by atoms with Crippen molar-refractivity contribution in [3.63, 3.8) is 0 Å². The van der Waals surface area contributed by atoms with Gasteiger partial charge >= 0.3 is 39.5 Å². The molecule has 0 saturated carbocycles. The molecule has 0 fully saturated rings. The molecule has 0 aliphatic rings. The zero-order valence-corrected chi connectivity index (χ0v) is 64.5. The minimum atomic E-state index is -4.96. The third-order valence-corrected chi connectivity index (χ3v) is 20.2. The van der Waals surface area contributed by atoms with Gasteiger partial charge in [-0.2, -0.15) is 0 Å². The van der Waals surface area contributed by atoms with Crippen molar-refractivity contribution < 1.29 is 80.2 Å². The average molecular weight is 1410 g/mol. The summed E-state index contributed by atoms with van der Waals surface area (Å²) in [7, 11) is -9.91. The lowest BCUT2D eigenvalue weighted by atomic mass is 10.00. The standard InChI is InChI=1S/C77H150O17P2/c1-7-10-12-14-16-18-20-22-23-24-25-26-27-28-29-31-33-37-41-49-55-61-76(81)93-72(65-87-74(79)59-53-47-40-36-32-30-21-19-17-15-13-11-8-2)67-91-95(83,84)89-63-71(78)64-90-96(85,86)92-68-73(66-88-75(80)60-54-48-44-43-46-52-58-70(6)9-3)94-77(82)62-56-50-42-38-34-35-39-45-51-57-69(4)5/h69-73,78H,7-68H2,1-6H3,(H,83,84)(H,85,86)/t70?,71-,72-,73-/m1/s1. The molecule has 0 rings (SSSR count). The zero-order valence-electron chi connectivity index (χ0n) is 62.7. The molecule has 0 radical (unpaired) electrons. The maximum Gasteiger partial charge on any atom is 0.472 e. The van der Waals surface area contributed by atoms with Crippen LogP contribution in [0.25, 0.3) is 0 Å². The van der Waals surface area contributed by atoms with Gasteiger partial charge in [0.15, 0.2) is 12.2 Å². The van der Waals surface area contributed by atoms with Gasteiger partial charge in [0.2, 0.25) is 0 Å². The van der Waals surface area contributed by atoms with Crippen molar-refractivity contribution in [1.29, 1.82) is 0 Å². The Hall–Kier alpha value is -1.94. The molecule has 0 aliphatic heterocycles. The van der Waals surface area contributed by atoms with Gasteiger partial charge in [0.25, 0.3) is 0 Å². The van der Waals surface area contributed by atoms with Crippen molar-refractivity contribution in [3.8, 4) is 0 Å². The summed E-state index contributed by atoms with van der Waals surface area (Å²) in [5.74, 6) is -0.650. The quantitative estimate of drug-likeness (QED) is 0.0222. The van der Waals surface area contributed by atoms with Crippen LogP contribution in [0.15, 0.2) is 0 Å². The molecule has 0 bridgehead atoms. The number of phosphoric ester groups is 2. The van der Waals surface area contributed by atoms with E-state index >= 15 is 0 Å². The van der Waals surface area contributed by atoms with Crippen LogP contribution in [-0.2, 0) is 65.4 Å². The van der Waals surface area contributed by atoms with Crippen molar-refractivity contribution >= 4 is 39.5 Å². The van der Waals surface area contributed by atoms with Crippen LogP contribution in [0, 0.1) is 11.8 Å². The van der Waals surface area contributed by atoms with Crippen LogP contribution in [0.2, 0.25) is 0 Å². The van der Waals surface area contributed by atoms with Crippen molar-refractivity contribution in [3.05, 3.63) is 0 Å². The van der Waals surface area contributed by atoms with E-state index in [2.05, 4.69) is 41.5 Å². The molecule has 0 saturated heterocycles. The average Bonchev–Trinajstić information content (AvgIpc) is 1.28. The Kier molecular flexibility index (Phi) is 67.4. The van der Waals surface area contributed by atoms with Crippen LogP contribution >= 0.6 is 15.6 Å². The Bertz CT molecular complexity index is 1860. The number of rotatable bonds is 76. The Morgan fingerprint density at radius 2 is 0.531 bits per heavy atom. The van der Waals surface area contributed by atoms with Crippen LogP contribution < -0.4 is 0 Å². The smallest absolute Gasteiger partial charge is 0.462 e. The zero-order chi connectivity index (χ0) is 70.7. The minimum Gasteiger partial charge on any atom is -0.462 e. The van der Waals surface area contributed by atoms with E-state index in [0.717, 1.165) is 108 Å². The maximum absolute atomic E-state index is 13.1. The Labute approximate surface area is 588 Å². The highest BCUT2D eigenvalue weighted by Gasteiger charge is 2.30. The third kappa shape index (κ3) is 69.2. The largest absolute Gasteiger partial charge is 0.472 e. The van der Waals surface area contributed by atoms with Crippen molar-refractivity contribution in [2.45, 2.75) is 419 Å². The Balaban J connectivity index is 5.20. The molecule has 3 unspecified atom stereocenters. The number of esters is 4. The SMILES string of the molecule is CCCCCCCCCCCCCCCCCCCCCCCC(=O)O[C@H](COC(=O)CCCCCCCCCCCCCCC)COP(=O)(O)OC[C@@H](O)COP(=O)(O)OC[C@@H](COC(=O)CCCCCCCCC(C)CC)OC(=O)CCCCCCCCCCCC(C)C. The van der Waals surface area contributed by atoms with E-state index in [1.165, 1.54) is 212 Å². The second-order valence-corrected chi connectivity index (χ2v) is 31.4. The summed E-state index contributed by atoms with van der Waals surface area (Å²) < 4.78 is 68.5. The van der Waals surface area contributed by atoms with Crippen molar-refractivity contribution in [1.82, 2.24) is 0 Å². The first kappa shape index (κ1) is 94.1. The molecular weight excluding hydrogens is 1260 g/mol. The fraction of sp³-hybridized carbons (Fsp3) is 0.948. The molecule has 0 amide bonds. The molecule has 0 aromatic rings. The normalized spacial score (nSPS) is 14.3. The van der Waals surface area contributed by atoms with Gasteiger partial charge in [-0.25, -0.2) is 9.13 Å². The number of ether oxygens (including phenoxy) is 4. The van der Waals surface area contributed by atoms with Gasteiger partial charge in [0, 0.05) is 25.7 Å². The summed E-state index contributed by atoms with van der Waals surface area (Å²) >= 11 is 0. The number of carbonyl (C=O) groups excluding carboxylic acids is 4. The van der Waals surface area contributed by atoms with E-state index < -0.39 is 97.5 Å². The first-order chi connectivity index (χ1) is 46.4. The monoisotopic (exact) mass is 1410 g/mol. The molecule has 3 N–H and O–H groups in total. The van der Waals surface area contributed by atoms with Gasteiger partial charge in [-0.1, -0.05) is 350 Å². The lowest BCUT2D eigenvalue weighted by Gasteiger charge is -2.21. The highest BCUT2D eigenvalue weighted by atomic mass is 31.2. The molecule has 0 spiro atoms. The number of phosphoric acid groups is 2. The highest BCUT2D eigenvalue weighted by molar-refractivity contribution is 7.47. The number of hydrogen-bond acceptors (Lipinski definition) is 15. The van der Waals surface area contributed by atoms with E-state index in [1.54, 1.807) is 0 Å². The van der Waals surface area contributed by atoms with Gasteiger partial charge in [0.05, 0.1) is 26.4 Å². The van der Waals surface area contributed by atoms with Gasteiger partial charge in [-0.3, -0.25) is 37.3 Å². The van der Waals surface area contributed by atoms with Crippen LogP contribution in [-0.4, -0.2) is 96.7 Å². The lowest BCUT2D eigenvalue weighted by Crippen LogP contribution is -2.30. The summed E-state index contributed by atoms with van der Waals surface area (Å²) in [5.41, 5.74) is 0. The number of aliphatic hydroxyl groups is 1. The van der Waals surface area contributed by atoms with E-state index in [1.807, 2.05) is 0 Å². The van der Waals surface area contributed by atoms with E-state index in [0.29, 0.717) is 25.7 Å². The van der Waals surface area contributed by atoms with Crippen LogP contribution in [0.4, 0.5) is 0 Å². The predicted molar refractivity (Wildman–Crippen MR) is 391 cm³/mol. The first-order valence-electron chi connectivity index (χ1n) is 40.0. The van der Waals surface area contributed by atoms with Gasteiger partial charge in [-0.15, -0.1) is 0 Å². The second-order valence-electron chi connectivity index (χ2n) is 28.5. The molecule has 0 aliphatic carbocycles. The van der Waals surface area contributed by atoms with E-state index in [9.17, 15) is 43.2 Å². The number of carbonyl (C=O) groups is 4. The molecule has 17 nitrogen and oxygen atoms in total. The van der Waals surface area contributed by atoms with Crippen LogP contribution in [0.1, 0.15) is 401 Å². The van der Waals surface area contributed by atoms with Crippen LogP contribution in [0.5, 0.6) is 0 Å². The topological polar surface area (TPSA) is 237 Å². The second kappa shape index (κ2) is 68.8. The number of aliphatic hydroxyl groups excluding tert-OH is 1. The summed E-state index contributed by atoms with van der Waals surface area (Å²) in [6, 6.07) is 0. The van der Waals surface area contributed by atoms with E-state index in [-0.39, 0.29) is 25.7 Å². The highest BCUT2D eigenvalue weighted by Crippen LogP contribution is 2.45. The summed E-state index contributed by atoms with van der Waals surface area (Å²) in [6.07, 6.45) is 57.0. The minimum absolute atomic E-state index is 0.105. The summed E-state index contributed by atoms with van der Waals surface area (Å²) in [6.45, 7) is 9.53. The first-order valence-corrected chi connectivity index (χ1v) is 43.0. The molecule has 570 valence electrons.